The first kappa shape index (κ1) is 16.8. The number of ether oxygens (including phenoxy) is 3. The van der Waals surface area contributed by atoms with Crippen molar-refractivity contribution in [2.45, 2.75) is 20.8 Å². The summed E-state index contributed by atoms with van der Waals surface area (Å²) in [5.41, 5.74) is 0. The summed E-state index contributed by atoms with van der Waals surface area (Å²) in [7, 11) is 0. The van der Waals surface area contributed by atoms with Crippen molar-refractivity contribution in [3.05, 3.63) is 24.3 Å². The molecule has 0 fully saturated rings. The van der Waals surface area contributed by atoms with Gasteiger partial charge in [-0.3, -0.25) is 0 Å². The number of hydrogen-bond donors (Lipinski definition) is 1. The maximum atomic E-state index is 5.71. The molecule has 4 nitrogen and oxygen atoms in total. The highest BCUT2D eigenvalue weighted by Gasteiger charge is 2.02. The van der Waals surface area contributed by atoms with Crippen LogP contribution in [-0.4, -0.2) is 39.5 Å². The van der Waals surface area contributed by atoms with E-state index in [4.69, 9.17) is 14.2 Å². The Morgan fingerprint density at radius 3 is 2.30 bits per heavy atom. The molecule has 1 N–H and O–H groups in total. The lowest BCUT2D eigenvalue weighted by atomic mass is 10.2. The van der Waals surface area contributed by atoms with Gasteiger partial charge in [0.15, 0.2) is 11.5 Å². The molecule has 0 unspecified atom stereocenters. The fraction of sp³-hybridized carbons (Fsp3) is 0.625. The van der Waals surface area contributed by atoms with Crippen LogP contribution < -0.4 is 14.8 Å². The minimum Gasteiger partial charge on any atom is -0.490 e. The summed E-state index contributed by atoms with van der Waals surface area (Å²) in [6.45, 7) is 10.7. The third kappa shape index (κ3) is 7.36. The van der Waals surface area contributed by atoms with E-state index in [1.807, 2.05) is 31.2 Å². The largest absolute Gasteiger partial charge is 0.490 e. The van der Waals surface area contributed by atoms with E-state index >= 15 is 0 Å². The molecule has 114 valence electrons. The van der Waals surface area contributed by atoms with Crippen LogP contribution in [0.5, 0.6) is 11.5 Å². The zero-order chi connectivity index (χ0) is 14.6. The van der Waals surface area contributed by atoms with Crippen LogP contribution in [0.1, 0.15) is 20.8 Å². The molecule has 1 aromatic carbocycles. The molecule has 1 aromatic rings. The first-order valence-corrected chi connectivity index (χ1v) is 7.37. The van der Waals surface area contributed by atoms with Crippen LogP contribution in [0.3, 0.4) is 0 Å². The second-order valence-corrected chi connectivity index (χ2v) is 4.95. The maximum Gasteiger partial charge on any atom is 0.161 e. The molecule has 0 spiro atoms. The molecular weight excluding hydrogens is 254 g/mol. The number of para-hydroxylation sites is 2. The van der Waals surface area contributed by atoms with Gasteiger partial charge in [-0.1, -0.05) is 26.0 Å². The van der Waals surface area contributed by atoms with Crippen molar-refractivity contribution in [3.63, 3.8) is 0 Å². The van der Waals surface area contributed by atoms with Crippen molar-refractivity contribution in [1.82, 2.24) is 5.32 Å². The lowest BCUT2D eigenvalue weighted by molar-refractivity contribution is 0.111. The summed E-state index contributed by atoms with van der Waals surface area (Å²) in [5.74, 6) is 2.19. The lowest BCUT2D eigenvalue weighted by Gasteiger charge is -2.12. The van der Waals surface area contributed by atoms with Gasteiger partial charge in [0.1, 0.15) is 6.61 Å². The minimum absolute atomic E-state index is 0.591. The zero-order valence-electron chi connectivity index (χ0n) is 12.9. The first-order chi connectivity index (χ1) is 9.74. The maximum absolute atomic E-state index is 5.71. The van der Waals surface area contributed by atoms with Gasteiger partial charge in [0.25, 0.3) is 0 Å². The van der Waals surface area contributed by atoms with Crippen LogP contribution in [0.15, 0.2) is 24.3 Å². The van der Waals surface area contributed by atoms with Crippen LogP contribution >= 0.6 is 0 Å². The fourth-order valence-electron chi connectivity index (χ4n) is 1.67. The van der Waals surface area contributed by atoms with Crippen molar-refractivity contribution in [2.24, 2.45) is 5.92 Å². The second-order valence-electron chi connectivity index (χ2n) is 4.95. The van der Waals surface area contributed by atoms with Crippen LogP contribution in [0.4, 0.5) is 0 Å². The van der Waals surface area contributed by atoms with Gasteiger partial charge < -0.3 is 19.5 Å². The summed E-state index contributed by atoms with van der Waals surface area (Å²) in [5, 5.41) is 3.29. The monoisotopic (exact) mass is 281 g/mol. The Hall–Kier alpha value is -1.26. The van der Waals surface area contributed by atoms with E-state index in [0.29, 0.717) is 19.1 Å². The number of hydrogen-bond acceptors (Lipinski definition) is 4. The number of nitrogens with one attached hydrogen (secondary N) is 1. The molecule has 0 heterocycles. The molecule has 0 aliphatic carbocycles. The van der Waals surface area contributed by atoms with Crippen LogP contribution in [0.25, 0.3) is 0 Å². The fourth-order valence-corrected chi connectivity index (χ4v) is 1.67. The van der Waals surface area contributed by atoms with Crippen LogP contribution in [0.2, 0.25) is 0 Å². The van der Waals surface area contributed by atoms with Gasteiger partial charge in [0.2, 0.25) is 0 Å². The molecule has 0 amide bonds. The summed E-state index contributed by atoms with van der Waals surface area (Å²) in [6, 6.07) is 7.75. The highest BCUT2D eigenvalue weighted by molar-refractivity contribution is 5.39. The zero-order valence-corrected chi connectivity index (χ0v) is 12.9. The van der Waals surface area contributed by atoms with Gasteiger partial charge in [-0.2, -0.15) is 0 Å². The van der Waals surface area contributed by atoms with E-state index < -0.39 is 0 Å². The third-order valence-electron chi connectivity index (χ3n) is 2.56. The molecule has 0 aliphatic rings. The van der Waals surface area contributed by atoms with Crippen molar-refractivity contribution >= 4 is 0 Å². The molecule has 0 atom stereocenters. The van der Waals surface area contributed by atoms with Crippen molar-refractivity contribution < 1.29 is 14.2 Å². The first-order valence-electron chi connectivity index (χ1n) is 7.37. The summed E-state index contributed by atoms with van der Waals surface area (Å²) in [6.07, 6.45) is 0. The molecule has 0 saturated heterocycles. The summed E-state index contributed by atoms with van der Waals surface area (Å²) < 4.78 is 16.7. The van der Waals surface area contributed by atoms with Crippen LogP contribution in [0, 0.1) is 5.92 Å². The topological polar surface area (TPSA) is 39.7 Å². The van der Waals surface area contributed by atoms with Crippen molar-refractivity contribution in [1.29, 1.82) is 0 Å². The van der Waals surface area contributed by atoms with Crippen molar-refractivity contribution in [3.8, 4) is 11.5 Å². The van der Waals surface area contributed by atoms with Gasteiger partial charge in [-0.25, -0.2) is 0 Å². The highest BCUT2D eigenvalue weighted by atomic mass is 16.5. The molecule has 0 aromatic heterocycles. The average Bonchev–Trinajstić information content (AvgIpc) is 2.43. The summed E-state index contributed by atoms with van der Waals surface area (Å²) in [4.78, 5) is 0. The van der Waals surface area contributed by atoms with Crippen molar-refractivity contribution in [2.75, 3.05) is 39.5 Å². The Balaban J connectivity index is 2.09. The van der Waals surface area contributed by atoms with Gasteiger partial charge in [-0.05, 0) is 25.0 Å². The molecular formula is C16H27NO3. The smallest absolute Gasteiger partial charge is 0.161 e. The molecule has 1 rings (SSSR count). The van der Waals surface area contributed by atoms with E-state index in [0.717, 1.165) is 37.8 Å². The van der Waals surface area contributed by atoms with E-state index in [1.54, 1.807) is 0 Å². The Morgan fingerprint density at radius 1 is 1.00 bits per heavy atom. The normalized spacial score (nSPS) is 10.8. The Kier molecular flexibility index (Phi) is 8.83. The molecule has 0 aliphatic heterocycles. The quantitative estimate of drug-likeness (QED) is 0.633. The summed E-state index contributed by atoms with van der Waals surface area (Å²) >= 11 is 0. The third-order valence-corrected chi connectivity index (χ3v) is 2.56. The van der Waals surface area contributed by atoms with Gasteiger partial charge >= 0.3 is 0 Å². The SMILES string of the molecule is CCOc1ccccc1OCCNCCOCC(C)C. The van der Waals surface area contributed by atoms with E-state index in [2.05, 4.69) is 19.2 Å². The predicted molar refractivity (Wildman–Crippen MR) is 81.6 cm³/mol. The second kappa shape index (κ2) is 10.5. The predicted octanol–water partition coefficient (Wildman–Crippen LogP) is 2.73. The van der Waals surface area contributed by atoms with Gasteiger partial charge in [-0.15, -0.1) is 0 Å². The molecule has 0 bridgehead atoms. The average molecular weight is 281 g/mol. The molecule has 0 saturated carbocycles. The van der Waals surface area contributed by atoms with Gasteiger partial charge in [0, 0.05) is 19.7 Å². The van der Waals surface area contributed by atoms with E-state index in [1.165, 1.54) is 0 Å². The molecule has 20 heavy (non-hydrogen) atoms. The Labute approximate surface area is 122 Å². The van der Waals surface area contributed by atoms with E-state index in [9.17, 15) is 0 Å². The Morgan fingerprint density at radius 2 is 1.65 bits per heavy atom. The van der Waals surface area contributed by atoms with Crippen LogP contribution in [-0.2, 0) is 4.74 Å². The molecule has 4 heteroatoms. The standard InChI is InChI=1S/C16H27NO3/c1-4-19-15-7-5-6-8-16(15)20-12-10-17-9-11-18-13-14(2)3/h5-8,14,17H,4,9-13H2,1-3H3. The lowest BCUT2D eigenvalue weighted by Crippen LogP contribution is -2.25. The number of benzene rings is 1. The van der Waals surface area contributed by atoms with E-state index in [-0.39, 0.29) is 0 Å². The number of rotatable bonds is 11. The molecule has 0 radical (unpaired) electrons. The Bertz CT molecular complexity index is 355. The minimum atomic E-state index is 0.591. The highest BCUT2D eigenvalue weighted by Crippen LogP contribution is 2.25. The van der Waals surface area contributed by atoms with Gasteiger partial charge in [0.05, 0.1) is 13.2 Å².